The summed E-state index contributed by atoms with van der Waals surface area (Å²) in [7, 11) is -2.92. The lowest BCUT2D eigenvalue weighted by molar-refractivity contribution is 0.0865. The fraction of sp³-hybridized carbons (Fsp3) is 0.647. The first kappa shape index (κ1) is 33.8. The second kappa shape index (κ2) is 13.5. The molecular weight excluding hydrogens is 511 g/mol. The molecule has 0 aliphatic rings. The van der Waals surface area contributed by atoms with E-state index in [9.17, 15) is 0 Å². The van der Waals surface area contributed by atoms with Gasteiger partial charge in [-0.15, -0.1) is 0 Å². The van der Waals surface area contributed by atoms with Gasteiger partial charge in [0, 0.05) is 23.6 Å². The Bertz CT molecular complexity index is 1010. The van der Waals surface area contributed by atoms with Crippen molar-refractivity contribution >= 4 is 17.4 Å². The molecule has 39 heavy (non-hydrogen) atoms. The second-order valence-electron chi connectivity index (χ2n) is 14.6. The van der Waals surface area contributed by atoms with Crippen molar-refractivity contribution in [3.05, 3.63) is 65.2 Å². The van der Waals surface area contributed by atoms with Crippen molar-refractivity contribution in [3.63, 3.8) is 0 Å². The molecule has 2 aromatic rings. The van der Waals surface area contributed by atoms with Crippen LogP contribution in [0.2, 0.25) is 31.2 Å². The van der Waals surface area contributed by atoms with Crippen LogP contribution in [0, 0.1) is 5.41 Å². The van der Waals surface area contributed by atoms with Gasteiger partial charge >= 0.3 is 0 Å². The van der Waals surface area contributed by atoms with Crippen molar-refractivity contribution in [2.24, 2.45) is 5.41 Å². The quantitative estimate of drug-likeness (QED) is 0.238. The first-order chi connectivity index (χ1) is 17.8. The molecule has 0 aliphatic carbocycles. The Labute approximate surface area is 244 Å². The molecule has 2 unspecified atom stereocenters. The highest BCUT2D eigenvalue weighted by Crippen LogP contribution is 2.44. The van der Waals surface area contributed by atoms with Gasteiger partial charge < -0.3 is 8.85 Å². The molecule has 0 bridgehead atoms. The van der Waals surface area contributed by atoms with Crippen LogP contribution in [0.1, 0.15) is 104 Å². The zero-order valence-electron chi connectivity index (χ0n) is 27.6. The predicted molar refractivity (Wildman–Crippen MR) is 175 cm³/mol. The molecule has 5 heteroatoms. The fourth-order valence-electron chi connectivity index (χ4n) is 5.08. The highest BCUT2D eigenvalue weighted by Gasteiger charge is 2.40. The van der Waals surface area contributed by atoms with Crippen LogP contribution in [0.25, 0.3) is 0 Å². The topological polar surface area (TPSA) is 21.7 Å². The summed E-state index contributed by atoms with van der Waals surface area (Å²) in [5.74, 6) is 1.28. The van der Waals surface area contributed by atoms with Crippen molar-refractivity contribution in [3.8, 4) is 5.75 Å². The van der Waals surface area contributed by atoms with E-state index in [2.05, 4.69) is 149 Å². The van der Waals surface area contributed by atoms with Gasteiger partial charge in [0.15, 0.2) is 0 Å². The van der Waals surface area contributed by atoms with E-state index in [0.29, 0.717) is 12.1 Å². The minimum absolute atomic E-state index is 0.00462. The van der Waals surface area contributed by atoms with E-state index in [0.717, 1.165) is 18.7 Å². The summed E-state index contributed by atoms with van der Waals surface area (Å²) in [6.45, 7) is 33.3. The van der Waals surface area contributed by atoms with Gasteiger partial charge in [-0.05, 0) is 101 Å². The predicted octanol–water partition coefficient (Wildman–Crippen LogP) is 10.1. The van der Waals surface area contributed by atoms with Gasteiger partial charge in [-0.25, -0.2) is 0 Å². The van der Waals surface area contributed by atoms with E-state index >= 15 is 0 Å². The molecule has 0 saturated carbocycles. The van der Waals surface area contributed by atoms with Crippen LogP contribution in [0.5, 0.6) is 5.75 Å². The Morgan fingerprint density at radius 2 is 1.38 bits per heavy atom. The first-order valence-corrected chi connectivity index (χ1v) is 20.3. The van der Waals surface area contributed by atoms with E-state index in [4.69, 9.17) is 8.85 Å². The lowest BCUT2D eigenvalue weighted by atomic mass is 9.81. The van der Waals surface area contributed by atoms with Gasteiger partial charge in [0.05, 0.1) is 6.10 Å². The minimum Gasteiger partial charge on any atom is -0.543 e. The third-order valence-electron chi connectivity index (χ3n) is 8.23. The van der Waals surface area contributed by atoms with E-state index in [-0.39, 0.29) is 22.5 Å². The van der Waals surface area contributed by atoms with Crippen molar-refractivity contribution in [1.29, 1.82) is 0 Å². The average molecular weight is 569 g/mol. The molecule has 0 spiro atoms. The SMILES string of the molecule is CC(C)N(CCC(c1ccccc1)c1cc(C(O[Si](C)C)C(C)(C)C)ccc1O[Si](C)(C)C(C)(C)C)C(C)C. The third kappa shape index (κ3) is 9.31. The van der Waals surface area contributed by atoms with E-state index < -0.39 is 17.4 Å². The van der Waals surface area contributed by atoms with Gasteiger partial charge in [-0.1, -0.05) is 77.9 Å². The zero-order chi connectivity index (χ0) is 29.8. The Balaban J connectivity index is 2.75. The molecular formula is C34H58NO2Si2. The van der Waals surface area contributed by atoms with Crippen molar-refractivity contribution in [2.75, 3.05) is 6.54 Å². The summed E-state index contributed by atoms with van der Waals surface area (Å²) in [4.78, 5) is 2.61. The van der Waals surface area contributed by atoms with Crippen LogP contribution in [0.4, 0.5) is 0 Å². The average Bonchev–Trinajstić information content (AvgIpc) is 2.79. The monoisotopic (exact) mass is 568 g/mol. The van der Waals surface area contributed by atoms with Crippen LogP contribution in [-0.2, 0) is 4.43 Å². The van der Waals surface area contributed by atoms with Crippen LogP contribution in [-0.4, -0.2) is 40.9 Å². The van der Waals surface area contributed by atoms with Crippen LogP contribution >= 0.6 is 0 Å². The number of benzene rings is 2. The molecule has 0 aromatic heterocycles. The van der Waals surface area contributed by atoms with Crippen LogP contribution in [0.15, 0.2) is 48.5 Å². The summed E-state index contributed by atoms with van der Waals surface area (Å²) in [6.07, 6.45) is 1.08. The first-order valence-electron chi connectivity index (χ1n) is 15.0. The molecule has 3 nitrogen and oxygen atoms in total. The number of nitrogens with zero attached hydrogens (tertiary/aromatic N) is 1. The van der Waals surface area contributed by atoms with E-state index in [1.807, 2.05) is 0 Å². The Kier molecular flexibility index (Phi) is 11.7. The molecule has 0 fully saturated rings. The van der Waals surface area contributed by atoms with Crippen LogP contribution in [0.3, 0.4) is 0 Å². The van der Waals surface area contributed by atoms with Crippen molar-refractivity contribution < 1.29 is 8.85 Å². The summed E-state index contributed by atoms with van der Waals surface area (Å²) >= 11 is 0. The molecule has 0 heterocycles. The highest BCUT2D eigenvalue weighted by atomic mass is 28.4. The van der Waals surface area contributed by atoms with Gasteiger partial charge in [0.2, 0.25) is 17.4 Å². The van der Waals surface area contributed by atoms with Crippen molar-refractivity contribution in [2.45, 2.75) is 131 Å². The molecule has 2 aromatic carbocycles. The third-order valence-corrected chi connectivity index (χ3v) is 13.3. The van der Waals surface area contributed by atoms with Gasteiger partial charge in [-0.3, -0.25) is 4.90 Å². The smallest absolute Gasteiger partial charge is 0.250 e. The Hall–Kier alpha value is -1.41. The minimum atomic E-state index is -2.05. The van der Waals surface area contributed by atoms with Gasteiger partial charge in [0.25, 0.3) is 0 Å². The largest absolute Gasteiger partial charge is 0.543 e. The maximum Gasteiger partial charge on any atom is 0.250 e. The van der Waals surface area contributed by atoms with Gasteiger partial charge in [-0.2, -0.15) is 0 Å². The molecule has 0 N–H and O–H groups in total. The molecule has 0 amide bonds. The second-order valence-corrected chi connectivity index (χ2v) is 21.4. The lowest BCUT2D eigenvalue weighted by Crippen LogP contribution is -2.44. The molecule has 0 aliphatic heterocycles. The summed E-state index contributed by atoms with van der Waals surface area (Å²) in [5.41, 5.74) is 3.91. The van der Waals surface area contributed by atoms with E-state index in [1.54, 1.807) is 0 Å². The number of hydrogen-bond acceptors (Lipinski definition) is 3. The van der Waals surface area contributed by atoms with Crippen LogP contribution < -0.4 is 4.43 Å². The molecule has 2 atom stereocenters. The number of hydrogen-bond donors (Lipinski definition) is 0. The molecule has 1 radical (unpaired) electrons. The van der Waals surface area contributed by atoms with Gasteiger partial charge in [0.1, 0.15) is 5.75 Å². The lowest BCUT2D eigenvalue weighted by Gasteiger charge is -2.39. The fourth-order valence-corrected chi connectivity index (χ4v) is 7.08. The van der Waals surface area contributed by atoms with E-state index in [1.165, 1.54) is 16.7 Å². The highest BCUT2D eigenvalue weighted by molar-refractivity contribution is 6.74. The molecule has 219 valence electrons. The summed E-state index contributed by atoms with van der Waals surface area (Å²) in [6, 6.07) is 19.0. The maximum atomic E-state index is 7.09. The number of rotatable bonds is 12. The maximum absolute atomic E-state index is 7.09. The molecule has 0 saturated heterocycles. The zero-order valence-corrected chi connectivity index (χ0v) is 29.6. The summed E-state index contributed by atoms with van der Waals surface area (Å²) in [5, 5.41) is 0.121. The Morgan fingerprint density at radius 1 is 0.821 bits per heavy atom. The van der Waals surface area contributed by atoms with Crippen molar-refractivity contribution in [1.82, 2.24) is 4.90 Å². The molecule has 2 rings (SSSR count). The standard InChI is InChI=1S/C34H58NO2Si2/c1-25(2)35(26(3)4)23-22-29(27-18-16-15-17-19-27)30-24-28(32(33(5,6)7)36-38(11)12)20-21-31(30)37-39(13,14)34(8,9)10/h15-21,24-26,29,32H,22-23H2,1-14H3. The summed E-state index contributed by atoms with van der Waals surface area (Å²) < 4.78 is 13.8. The Morgan fingerprint density at radius 3 is 1.85 bits per heavy atom. The normalized spacial score (nSPS) is 14.9.